The van der Waals surface area contributed by atoms with Crippen molar-refractivity contribution in [3.63, 3.8) is 0 Å². The highest BCUT2D eigenvalue weighted by molar-refractivity contribution is 7.74. The molecule has 1 unspecified atom stereocenters. The zero-order valence-electron chi connectivity index (χ0n) is 8.70. The second-order valence-corrected chi connectivity index (χ2v) is 4.62. The van der Waals surface area contributed by atoms with Crippen LogP contribution in [0.15, 0.2) is 29.6 Å². The zero-order chi connectivity index (χ0) is 12.3. The Labute approximate surface area is 105 Å². The number of hydrogen-bond donors (Lipinski definition) is 2. The molecule has 2 rings (SSSR count). The SMILES string of the molecule is NCc1ccc(-c2csc(OS(=O)O)n2)cc1. The van der Waals surface area contributed by atoms with Gasteiger partial charge in [-0.05, 0) is 5.56 Å². The third-order valence-electron chi connectivity index (χ3n) is 2.11. The van der Waals surface area contributed by atoms with Gasteiger partial charge in [0.2, 0.25) is 0 Å². The molecule has 90 valence electrons. The van der Waals surface area contributed by atoms with Crippen LogP contribution in [-0.2, 0) is 17.9 Å². The van der Waals surface area contributed by atoms with Gasteiger partial charge in [0.25, 0.3) is 5.19 Å². The van der Waals surface area contributed by atoms with E-state index in [1.54, 1.807) is 5.38 Å². The predicted molar refractivity (Wildman–Crippen MR) is 66.8 cm³/mol. The minimum absolute atomic E-state index is 0.170. The first-order valence-corrected chi connectivity index (χ1v) is 6.64. The lowest BCUT2D eigenvalue weighted by Crippen LogP contribution is -1.96. The van der Waals surface area contributed by atoms with E-state index in [0.29, 0.717) is 12.2 Å². The van der Waals surface area contributed by atoms with Crippen molar-refractivity contribution in [1.29, 1.82) is 0 Å². The van der Waals surface area contributed by atoms with E-state index < -0.39 is 11.4 Å². The van der Waals surface area contributed by atoms with Crippen molar-refractivity contribution in [2.24, 2.45) is 5.73 Å². The highest BCUT2D eigenvalue weighted by Gasteiger charge is 2.07. The molecule has 2 aromatic rings. The van der Waals surface area contributed by atoms with Gasteiger partial charge in [0.15, 0.2) is 0 Å². The summed E-state index contributed by atoms with van der Waals surface area (Å²) < 4.78 is 23.6. The normalized spacial score (nSPS) is 12.4. The van der Waals surface area contributed by atoms with Crippen molar-refractivity contribution < 1.29 is 12.9 Å². The van der Waals surface area contributed by atoms with Crippen molar-refractivity contribution in [3.8, 4) is 16.5 Å². The van der Waals surface area contributed by atoms with Crippen molar-refractivity contribution in [1.82, 2.24) is 4.98 Å². The van der Waals surface area contributed by atoms with Gasteiger partial charge in [-0.1, -0.05) is 35.6 Å². The van der Waals surface area contributed by atoms with Crippen LogP contribution in [0.2, 0.25) is 0 Å². The van der Waals surface area contributed by atoms with Gasteiger partial charge in [-0.25, -0.2) is 4.98 Å². The second-order valence-electron chi connectivity index (χ2n) is 3.20. The molecular weight excluding hydrogens is 260 g/mol. The fourth-order valence-electron chi connectivity index (χ4n) is 1.30. The van der Waals surface area contributed by atoms with Crippen LogP contribution in [0.3, 0.4) is 0 Å². The molecular formula is C10H10N2O3S2. The Kier molecular flexibility index (Phi) is 3.85. The summed E-state index contributed by atoms with van der Waals surface area (Å²) in [6.07, 6.45) is 0. The summed E-state index contributed by atoms with van der Waals surface area (Å²) >= 11 is -1.16. The molecule has 1 aromatic carbocycles. The minimum atomic E-state index is -2.33. The first kappa shape index (κ1) is 12.2. The maximum absolute atomic E-state index is 10.4. The standard InChI is InChI=1S/C10H10N2O3S2/c11-5-7-1-3-8(4-2-7)9-6-16-10(12-9)15-17(13)14/h1-4,6H,5,11H2,(H,13,14). The molecule has 3 N–H and O–H groups in total. The molecule has 0 aliphatic rings. The van der Waals surface area contributed by atoms with E-state index in [-0.39, 0.29) is 5.19 Å². The maximum Gasteiger partial charge on any atom is 0.359 e. The molecule has 1 aromatic heterocycles. The minimum Gasteiger partial charge on any atom is -0.349 e. The molecule has 0 saturated carbocycles. The Morgan fingerprint density at radius 1 is 1.41 bits per heavy atom. The summed E-state index contributed by atoms with van der Waals surface area (Å²) in [6.45, 7) is 0.495. The fraction of sp³-hybridized carbons (Fsp3) is 0.100. The van der Waals surface area contributed by atoms with Crippen LogP contribution in [0.5, 0.6) is 5.19 Å². The molecule has 0 aliphatic heterocycles. The monoisotopic (exact) mass is 270 g/mol. The predicted octanol–water partition coefficient (Wildman–Crippen LogP) is 1.78. The average molecular weight is 270 g/mol. The summed E-state index contributed by atoms with van der Waals surface area (Å²) in [7, 11) is 0. The van der Waals surface area contributed by atoms with Crippen molar-refractivity contribution in [2.45, 2.75) is 6.54 Å². The number of nitrogens with zero attached hydrogens (tertiary/aromatic N) is 1. The Morgan fingerprint density at radius 2 is 2.12 bits per heavy atom. The van der Waals surface area contributed by atoms with E-state index >= 15 is 0 Å². The van der Waals surface area contributed by atoms with E-state index in [1.165, 1.54) is 11.3 Å². The molecule has 0 fully saturated rings. The maximum atomic E-state index is 10.4. The summed E-state index contributed by atoms with van der Waals surface area (Å²) in [5.41, 5.74) is 8.16. The first-order chi connectivity index (χ1) is 8.19. The van der Waals surface area contributed by atoms with E-state index in [9.17, 15) is 4.21 Å². The molecule has 0 saturated heterocycles. The Bertz CT molecular complexity index is 525. The Hall–Kier alpha value is -1.28. The molecule has 0 radical (unpaired) electrons. The van der Waals surface area contributed by atoms with E-state index in [2.05, 4.69) is 9.17 Å². The van der Waals surface area contributed by atoms with Gasteiger partial charge in [-0.15, -0.1) is 0 Å². The van der Waals surface area contributed by atoms with Crippen molar-refractivity contribution in [2.75, 3.05) is 0 Å². The third-order valence-corrected chi connectivity index (χ3v) is 3.23. The van der Waals surface area contributed by atoms with E-state index in [4.69, 9.17) is 10.3 Å². The van der Waals surface area contributed by atoms with Crippen molar-refractivity contribution >= 4 is 22.7 Å². The number of thiazole rings is 1. The third kappa shape index (κ3) is 3.10. The lowest BCUT2D eigenvalue weighted by atomic mass is 10.1. The summed E-state index contributed by atoms with van der Waals surface area (Å²) in [5.74, 6) is 0. The number of benzene rings is 1. The number of rotatable bonds is 4. The molecule has 17 heavy (non-hydrogen) atoms. The van der Waals surface area contributed by atoms with Crippen LogP contribution in [0.4, 0.5) is 0 Å². The molecule has 0 spiro atoms. The van der Waals surface area contributed by atoms with Gasteiger partial charge in [0.05, 0.1) is 5.69 Å². The summed E-state index contributed by atoms with van der Waals surface area (Å²) in [6, 6.07) is 7.63. The zero-order valence-corrected chi connectivity index (χ0v) is 10.3. The molecule has 0 bridgehead atoms. The molecule has 0 aliphatic carbocycles. The van der Waals surface area contributed by atoms with Crippen LogP contribution < -0.4 is 9.92 Å². The quantitative estimate of drug-likeness (QED) is 0.827. The fourth-order valence-corrected chi connectivity index (χ4v) is 2.34. The van der Waals surface area contributed by atoms with Crippen LogP contribution in [0.1, 0.15) is 5.56 Å². The lowest BCUT2D eigenvalue weighted by Gasteiger charge is -1.99. The molecule has 0 amide bonds. The largest absolute Gasteiger partial charge is 0.359 e. The number of aromatic nitrogens is 1. The summed E-state index contributed by atoms with van der Waals surface area (Å²) in [5, 5.41) is 1.93. The Morgan fingerprint density at radius 3 is 2.71 bits per heavy atom. The van der Waals surface area contributed by atoms with Crippen molar-refractivity contribution in [3.05, 3.63) is 35.2 Å². The van der Waals surface area contributed by atoms with Gasteiger partial charge < -0.3 is 9.92 Å². The van der Waals surface area contributed by atoms with Gasteiger partial charge in [-0.2, -0.15) is 4.21 Å². The summed E-state index contributed by atoms with van der Waals surface area (Å²) in [4.78, 5) is 4.09. The first-order valence-electron chi connectivity index (χ1n) is 4.73. The molecule has 7 heteroatoms. The van der Waals surface area contributed by atoms with Gasteiger partial charge in [0.1, 0.15) is 0 Å². The van der Waals surface area contributed by atoms with Gasteiger partial charge in [-0.3, -0.25) is 4.55 Å². The molecule has 1 atom stereocenters. The van der Waals surface area contributed by atoms with Crippen LogP contribution >= 0.6 is 11.3 Å². The molecule has 5 nitrogen and oxygen atoms in total. The number of nitrogens with two attached hydrogens (primary N) is 1. The van der Waals surface area contributed by atoms with E-state index in [0.717, 1.165) is 11.1 Å². The lowest BCUT2D eigenvalue weighted by molar-refractivity contribution is 0.456. The van der Waals surface area contributed by atoms with E-state index in [1.807, 2.05) is 24.3 Å². The highest BCUT2D eigenvalue weighted by atomic mass is 32.2. The van der Waals surface area contributed by atoms with Crippen LogP contribution in [0, 0.1) is 0 Å². The Balaban J connectivity index is 2.21. The van der Waals surface area contributed by atoms with Crippen LogP contribution in [-0.4, -0.2) is 13.7 Å². The van der Waals surface area contributed by atoms with Gasteiger partial charge in [0, 0.05) is 17.5 Å². The van der Waals surface area contributed by atoms with Gasteiger partial charge >= 0.3 is 11.4 Å². The second kappa shape index (κ2) is 5.37. The average Bonchev–Trinajstić information content (AvgIpc) is 2.77. The topological polar surface area (TPSA) is 85.4 Å². The number of hydrogen-bond acceptors (Lipinski definition) is 5. The highest BCUT2D eigenvalue weighted by Crippen LogP contribution is 2.26. The van der Waals surface area contributed by atoms with Crippen LogP contribution in [0.25, 0.3) is 11.3 Å². The smallest absolute Gasteiger partial charge is 0.349 e. The molecule has 1 heterocycles.